The molecule has 3 amide bonds. The number of anilines is 1. The predicted octanol–water partition coefficient (Wildman–Crippen LogP) is 2.33. The number of imidazole rings is 1. The van der Waals surface area contributed by atoms with E-state index in [1.54, 1.807) is 29.7 Å². The SMILES string of the molecule is NC(=O)c1cccc2[nH]c(-c3ccc(NC(=O)CCCCC(=O)NO)cc3)nc12. The van der Waals surface area contributed by atoms with Crippen molar-refractivity contribution in [3.8, 4) is 11.4 Å². The molecule has 0 bridgehead atoms. The van der Waals surface area contributed by atoms with Gasteiger partial charge in [-0.3, -0.25) is 19.6 Å². The lowest BCUT2D eigenvalue weighted by Crippen LogP contribution is -2.18. The number of nitrogens with zero attached hydrogens (tertiary/aromatic N) is 1. The number of hydrogen-bond acceptors (Lipinski definition) is 5. The van der Waals surface area contributed by atoms with Gasteiger partial charge in [0.25, 0.3) is 5.91 Å². The van der Waals surface area contributed by atoms with Crippen molar-refractivity contribution in [2.75, 3.05) is 5.32 Å². The van der Waals surface area contributed by atoms with Gasteiger partial charge in [0.1, 0.15) is 11.3 Å². The number of unbranched alkanes of at least 4 members (excludes halogenated alkanes) is 1. The predicted molar refractivity (Wildman–Crippen MR) is 107 cm³/mol. The van der Waals surface area contributed by atoms with Crippen molar-refractivity contribution in [2.24, 2.45) is 5.73 Å². The maximum Gasteiger partial charge on any atom is 0.250 e. The third kappa shape index (κ3) is 4.96. The molecule has 0 spiro atoms. The average molecular weight is 395 g/mol. The number of benzene rings is 2. The summed E-state index contributed by atoms with van der Waals surface area (Å²) in [5.41, 5.74) is 9.97. The van der Waals surface area contributed by atoms with Gasteiger partial charge in [-0.1, -0.05) is 6.07 Å². The summed E-state index contributed by atoms with van der Waals surface area (Å²) in [6.07, 6.45) is 1.50. The van der Waals surface area contributed by atoms with Gasteiger partial charge in [-0.2, -0.15) is 0 Å². The lowest BCUT2D eigenvalue weighted by molar-refractivity contribution is -0.129. The summed E-state index contributed by atoms with van der Waals surface area (Å²) in [6, 6.07) is 12.3. The zero-order valence-corrected chi connectivity index (χ0v) is 15.6. The molecule has 0 saturated carbocycles. The second-order valence-corrected chi connectivity index (χ2v) is 6.52. The Hall–Kier alpha value is -3.72. The number of rotatable bonds is 8. The standard InChI is InChI=1S/C20H21N5O4/c21-19(28)14-4-3-5-15-18(14)24-20(23-15)12-8-10-13(11-9-12)22-16(26)6-1-2-7-17(27)25-29/h3-5,8-11,29H,1-2,6-7H2,(H2,21,28)(H,22,26)(H,23,24)(H,25,27). The molecule has 3 aromatic rings. The van der Waals surface area contributed by atoms with Gasteiger partial charge in [0.15, 0.2) is 0 Å². The van der Waals surface area contributed by atoms with Crippen LogP contribution in [0.3, 0.4) is 0 Å². The van der Waals surface area contributed by atoms with E-state index >= 15 is 0 Å². The summed E-state index contributed by atoms with van der Waals surface area (Å²) in [6.45, 7) is 0. The number of carbonyl (C=O) groups excluding carboxylic acids is 3. The molecule has 0 fully saturated rings. The van der Waals surface area contributed by atoms with Gasteiger partial charge in [-0.05, 0) is 49.2 Å². The average Bonchev–Trinajstić information content (AvgIpc) is 3.15. The molecule has 9 nitrogen and oxygen atoms in total. The molecule has 0 aliphatic rings. The number of fused-ring (bicyclic) bond motifs is 1. The number of aromatic nitrogens is 2. The highest BCUT2D eigenvalue weighted by atomic mass is 16.5. The summed E-state index contributed by atoms with van der Waals surface area (Å²) in [7, 11) is 0. The third-order valence-corrected chi connectivity index (χ3v) is 4.40. The van der Waals surface area contributed by atoms with Crippen molar-refractivity contribution < 1.29 is 19.6 Å². The second-order valence-electron chi connectivity index (χ2n) is 6.52. The van der Waals surface area contributed by atoms with Gasteiger partial charge >= 0.3 is 0 Å². The highest BCUT2D eigenvalue weighted by Gasteiger charge is 2.12. The molecule has 3 rings (SSSR count). The first-order chi connectivity index (χ1) is 14.0. The molecule has 0 aliphatic heterocycles. The maximum absolute atomic E-state index is 12.0. The quantitative estimate of drug-likeness (QED) is 0.225. The number of hydroxylamine groups is 1. The van der Waals surface area contributed by atoms with Crippen LogP contribution in [0.5, 0.6) is 0 Å². The van der Waals surface area contributed by atoms with Crippen molar-refractivity contribution in [2.45, 2.75) is 25.7 Å². The van der Waals surface area contributed by atoms with Crippen LogP contribution in [0.1, 0.15) is 36.0 Å². The fourth-order valence-corrected chi connectivity index (χ4v) is 2.93. The highest BCUT2D eigenvalue weighted by Crippen LogP contribution is 2.24. The normalized spacial score (nSPS) is 10.7. The maximum atomic E-state index is 12.0. The van der Waals surface area contributed by atoms with Gasteiger partial charge in [-0.15, -0.1) is 0 Å². The minimum Gasteiger partial charge on any atom is -0.366 e. The van der Waals surface area contributed by atoms with Crippen molar-refractivity contribution in [1.29, 1.82) is 0 Å². The van der Waals surface area contributed by atoms with Crippen LogP contribution in [-0.2, 0) is 9.59 Å². The minimum absolute atomic E-state index is 0.156. The molecule has 0 saturated heterocycles. The van der Waals surface area contributed by atoms with Gasteiger partial charge in [0.2, 0.25) is 11.8 Å². The first-order valence-electron chi connectivity index (χ1n) is 9.09. The Bertz CT molecular complexity index is 1040. The summed E-state index contributed by atoms with van der Waals surface area (Å²) in [5.74, 6) is -0.566. The van der Waals surface area contributed by atoms with E-state index in [9.17, 15) is 14.4 Å². The van der Waals surface area contributed by atoms with E-state index in [0.29, 0.717) is 41.0 Å². The summed E-state index contributed by atoms with van der Waals surface area (Å²) >= 11 is 0. The van der Waals surface area contributed by atoms with Crippen LogP contribution in [0.25, 0.3) is 22.4 Å². The third-order valence-electron chi connectivity index (χ3n) is 4.40. The van der Waals surface area contributed by atoms with Crippen LogP contribution in [0.15, 0.2) is 42.5 Å². The van der Waals surface area contributed by atoms with E-state index in [1.807, 2.05) is 18.2 Å². The Morgan fingerprint density at radius 1 is 1.00 bits per heavy atom. The number of carbonyl (C=O) groups is 3. The summed E-state index contributed by atoms with van der Waals surface area (Å²) in [5, 5.41) is 11.2. The van der Waals surface area contributed by atoms with E-state index in [4.69, 9.17) is 10.9 Å². The fourth-order valence-electron chi connectivity index (χ4n) is 2.93. The van der Waals surface area contributed by atoms with E-state index in [-0.39, 0.29) is 18.7 Å². The molecule has 150 valence electrons. The van der Waals surface area contributed by atoms with E-state index < -0.39 is 11.8 Å². The topological polar surface area (TPSA) is 150 Å². The Morgan fingerprint density at radius 2 is 1.69 bits per heavy atom. The number of aromatic amines is 1. The van der Waals surface area contributed by atoms with Crippen molar-refractivity contribution >= 4 is 34.4 Å². The summed E-state index contributed by atoms with van der Waals surface area (Å²) in [4.78, 5) is 42.1. The molecule has 2 aromatic carbocycles. The zero-order chi connectivity index (χ0) is 20.8. The fraction of sp³-hybridized carbons (Fsp3) is 0.200. The Labute approximate surface area is 166 Å². The van der Waals surface area contributed by atoms with Crippen LogP contribution >= 0.6 is 0 Å². The number of amides is 3. The van der Waals surface area contributed by atoms with E-state index in [2.05, 4.69) is 15.3 Å². The first kappa shape index (κ1) is 20.0. The van der Waals surface area contributed by atoms with Crippen LogP contribution in [-0.4, -0.2) is 32.9 Å². The van der Waals surface area contributed by atoms with Gasteiger partial charge < -0.3 is 16.0 Å². The van der Waals surface area contributed by atoms with Crippen LogP contribution in [0.2, 0.25) is 0 Å². The molecular weight excluding hydrogens is 374 g/mol. The molecule has 9 heteroatoms. The number of H-pyrrole nitrogens is 1. The number of nitrogens with two attached hydrogens (primary N) is 1. The van der Waals surface area contributed by atoms with E-state index in [0.717, 1.165) is 5.56 Å². The zero-order valence-electron chi connectivity index (χ0n) is 15.6. The Kier molecular flexibility index (Phi) is 6.20. The van der Waals surface area contributed by atoms with Gasteiger partial charge in [0.05, 0.1) is 11.1 Å². The van der Waals surface area contributed by atoms with Gasteiger partial charge in [-0.25, -0.2) is 10.5 Å². The summed E-state index contributed by atoms with van der Waals surface area (Å²) < 4.78 is 0. The van der Waals surface area contributed by atoms with Crippen molar-refractivity contribution in [3.63, 3.8) is 0 Å². The lowest BCUT2D eigenvalue weighted by Gasteiger charge is -2.06. The Morgan fingerprint density at radius 3 is 2.34 bits per heavy atom. The van der Waals surface area contributed by atoms with Crippen LogP contribution in [0.4, 0.5) is 5.69 Å². The molecule has 1 aromatic heterocycles. The number of hydrogen-bond donors (Lipinski definition) is 5. The number of primary amides is 1. The van der Waals surface area contributed by atoms with Gasteiger partial charge in [0, 0.05) is 24.1 Å². The molecule has 0 atom stereocenters. The van der Waals surface area contributed by atoms with Crippen molar-refractivity contribution in [3.05, 3.63) is 48.0 Å². The molecule has 1 heterocycles. The molecule has 0 aliphatic carbocycles. The Balaban J connectivity index is 1.62. The molecule has 0 unspecified atom stereocenters. The smallest absolute Gasteiger partial charge is 0.250 e. The van der Waals surface area contributed by atoms with Crippen LogP contribution < -0.4 is 16.5 Å². The second kappa shape index (κ2) is 8.98. The van der Waals surface area contributed by atoms with Crippen molar-refractivity contribution in [1.82, 2.24) is 15.4 Å². The highest BCUT2D eigenvalue weighted by molar-refractivity contribution is 6.04. The molecule has 6 N–H and O–H groups in total. The largest absolute Gasteiger partial charge is 0.366 e. The molecule has 29 heavy (non-hydrogen) atoms. The van der Waals surface area contributed by atoms with E-state index in [1.165, 1.54) is 0 Å². The monoisotopic (exact) mass is 395 g/mol. The lowest BCUT2D eigenvalue weighted by atomic mass is 10.1. The minimum atomic E-state index is -0.538. The van der Waals surface area contributed by atoms with Crippen LogP contribution in [0, 0.1) is 0 Å². The molecular formula is C20H21N5O4. The number of nitrogens with one attached hydrogen (secondary N) is 3. The number of para-hydroxylation sites is 1. The molecule has 0 radical (unpaired) electrons. The first-order valence-corrected chi connectivity index (χ1v) is 9.09.